The Bertz CT molecular complexity index is 971. The molecule has 1 heterocycles. The van der Waals surface area contributed by atoms with Crippen molar-refractivity contribution >= 4 is 23.7 Å². The van der Waals surface area contributed by atoms with E-state index < -0.39 is 11.5 Å². The van der Waals surface area contributed by atoms with Gasteiger partial charge in [-0.3, -0.25) is 9.59 Å². The number of fused-ring (bicyclic) bond motifs is 1. The van der Waals surface area contributed by atoms with Crippen molar-refractivity contribution in [3.63, 3.8) is 0 Å². The number of ether oxygens (including phenoxy) is 1. The molecule has 3 rings (SSSR count). The van der Waals surface area contributed by atoms with Gasteiger partial charge >= 0.3 is 5.97 Å². The lowest BCUT2D eigenvalue weighted by atomic mass is 9.83. The van der Waals surface area contributed by atoms with Crippen LogP contribution in [0.4, 0.5) is 10.1 Å². The summed E-state index contributed by atoms with van der Waals surface area (Å²) in [6, 6.07) is 6.08. The first kappa shape index (κ1) is 23.4. The fraction of sp³-hybridized carbons (Fsp3) is 0.400. The second-order valence-electron chi connectivity index (χ2n) is 8.96. The van der Waals surface area contributed by atoms with Gasteiger partial charge in [-0.25, -0.2) is 4.39 Å². The van der Waals surface area contributed by atoms with Crippen molar-refractivity contribution in [1.29, 1.82) is 0 Å². The molecule has 1 aromatic rings. The van der Waals surface area contributed by atoms with Crippen LogP contribution in [-0.2, 0) is 14.3 Å². The predicted octanol–water partition coefficient (Wildman–Crippen LogP) is 4.94. The Morgan fingerprint density at radius 1 is 1.25 bits per heavy atom. The molecule has 2 unspecified atom stereocenters. The fourth-order valence-electron chi connectivity index (χ4n) is 3.82. The van der Waals surface area contributed by atoms with Gasteiger partial charge in [0.15, 0.2) is 5.78 Å². The van der Waals surface area contributed by atoms with Crippen molar-refractivity contribution in [3.8, 4) is 0 Å². The molecule has 0 bridgehead atoms. The molecular formula is C25H29FN2O4. The number of esters is 1. The van der Waals surface area contributed by atoms with Crippen LogP contribution >= 0.6 is 0 Å². The summed E-state index contributed by atoms with van der Waals surface area (Å²) in [4.78, 5) is 26.8. The molecule has 170 valence electrons. The first-order chi connectivity index (χ1) is 15.2. The summed E-state index contributed by atoms with van der Waals surface area (Å²) in [6.07, 6.45) is 11.0. The van der Waals surface area contributed by atoms with E-state index in [4.69, 9.17) is 9.94 Å². The number of rotatable bonds is 7. The number of carbonyl (C=O) groups is 2. The Morgan fingerprint density at radius 2 is 1.97 bits per heavy atom. The monoisotopic (exact) mass is 440 g/mol. The van der Waals surface area contributed by atoms with E-state index in [0.29, 0.717) is 24.8 Å². The van der Waals surface area contributed by atoms with Gasteiger partial charge in [0.1, 0.15) is 11.4 Å². The number of allylic oxidation sites excluding steroid dienone is 4. The molecule has 1 N–H and O–H groups in total. The third-order valence-electron chi connectivity index (χ3n) is 5.26. The largest absolute Gasteiger partial charge is 0.460 e. The van der Waals surface area contributed by atoms with Crippen LogP contribution in [0.2, 0.25) is 0 Å². The van der Waals surface area contributed by atoms with Gasteiger partial charge in [-0.1, -0.05) is 24.6 Å². The molecule has 0 radical (unpaired) electrons. The smallest absolute Gasteiger partial charge is 0.306 e. The third kappa shape index (κ3) is 5.93. The molecule has 1 aromatic carbocycles. The minimum Gasteiger partial charge on any atom is -0.460 e. The zero-order chi connectivity index (χ0) is 23.3. The van der Waals surface area contributed by atoms with Crippen LogP contribution in [0.3, 0.4) is 0 Å². The van der Waals surface area contributed by atoms with E-state index in [-0.39, 0.29) is 23.6 Å². The average Bonchev–Trinajstić information content (AvgIpc) is 2.72. The van der Waals surface area contributed by atoms with Crippen LogP contribution in [0.25, 0.3) is 0 Å². The molecular weight excluding hydrogens is 411 g/mol. The summed E-state index contributed by atoms with van der Waals surface area (Å²) in [5.41, 5.74) is 1.64. The van der Waals surface area contributed by atoms with Crippen LogP contribution in [0.5, 0.6) is 0 Å². The van der Waals surface area contributed by atoms with Crippen LogP contribution < -0.4 is 4.90 Å². The highest BCUT2D eigenvalue weighted by Crippen LogP contribution is 2.33. The third-order valence-corrected chi connectivity index (χ3v) is 5.26. The predicted molar refractivity (Wildman–Crippen MR) is 121 cm³/mol. The molecule has 0 spiro atoms. The number of carbonyl (C=O) groups excluding carboxylic acids is 2. The second kappa shape index (κ2) is 9.94. The van der Waals surface area contributed by atoms with Crippen molar-refractivity contribution < 1.29 is 23.9 Å². The van der Waals surface area contributed by atoms with Gasteiger partial charge in [-0.15, -0.1) is 5.16 Å². The fourth-order valence-corrected chi connectivity index (χ4v) is 3.82. The number of anilines is 1. The summed E-state index contributed by atoms with van der Waals surface area (Å²) >= 11 is 0. The van der Waals surface area contributed by atoms with Crippen LogP contribution in [0.15, 0.2) is 65.0 Å². The van der Waals surface area contributed by atoms with Crippen molar-refractivity contribution in [2.75, 3.05) is 4.90 Å². The van der Waals surface area contributed by atoms with Crippen molar-refractivity contribution in [1.82, 2.24) is 0 Å². The average molecular weight is 441 g/mol. The molecule has 0 fully saturated rings. The van der Waals surface area contributed by atoms with Crippen LogP contribution in [0, 0.1) is 11.7 Å². The van der Waals surface area contributed by atoms with Gasteiger partial charge < -0.3 is 14.8 Å². The van der Waals surface area contributed by atoms with Crippen molar-refractivity contribution in [2.24, 2.45) is 11.1 Å². The van der Waals surface area contributed by atoms with Gasteiger partial charge in [0.05, 0.1) is 18.2 Å². The number of unbranched alkanes of at least 4 members (excludes halogenated alkanes) is 1. The standard InChI is InChI=1S/C25H29FN2O4/c1-25(2,3)32-23(29)7-5-4-6-21-14-22-18(9-8-17(15-27-31)24(22)30)16-28(21)20-12-10-19(26)11-13-20/h8-17,21,31H,4-7H2,1-3H3/b27-15+. The van der Waals surface area contributed by atoms with Gasteiger partial charge in [0, 0.05) is 29.5 Å². The SMILES string of the molecule is CC(C)(C)OC(=O)CCCCC1C=C2C(=O)C(/C=N/O)C=CC2=CN1c1ccc(F)cc1. The lowest BCUT2D eigenvalue weighted by Crippen LogP contribution is -2.35. The molecule has 0 saturated heterocycles. The molecule has 2 aliphatic rings. The van der Waals surface area contributed by atoms with E-state index in [2.05, 4.69) is 5.16 Å². The number of oxime groups is 1. The summed E-state index contributed by atoms with van der Waals surface area (Å²) < 4.78 is 18.8. The van der Waals surface area contributed by atoms with Crippen LogP contribution in [0.1, 0.15) is 46.5 Å². The summed E-state index contributed by atoms with van der Waals surface area (Å²) in [7, 11) is 0. The van der Waals surface area contributed by atoms with Crippen molar-refractivity contribution in [3.05, 3.63) is 65.7 Å². The number of hydrogen-bond donors (Lipinski definition) is 1. The second-order valence-corrected chi connectivity index (χ2v) is 8.96. The summed E-state index contributed by atoms with van der Waals surface area (Å²) in [5, 5.41) is 11.8. The molecule has 0 amide bonds. The number of benzene rings is 1. The van der Waals surface area contributed by atoms with Gasteiger partial charge in [-0.2, -0.15) is 0 Å². The molecule has 0 saturated carbocycles. The Morgan fingerprint density at radius 3 is 2.62 bits per heavy atom. The Hall–Kier alpha value is -3.22. The Kier molecular flexibility index (Phi) is 7.28. The normalized spacial score (nSPS) is 20.8. The Balaban J connectivity index is 1.76. The number of nitrogens with zero attached hydrogens (tertiary/aromatic N) is 2. The number of halogens is 1. The maximum Gasteiger partial charge on any atom is 0.306 e. The van der Waals surface area contributed by atoms with Gasteiger partial charge in [0.25, 0.3) is 0 Å². The lowest BCUT2D eigenvalue weighted by molar-refractivity contribution is -0.154. The summed E-state index contributed by atoms with van der Waals surface area (Å²) in [5.74, 6) is -1.28. The molecule has 2 atom stereocenters. The zero-order valence-corrected chi connectivity index (χ0v) is 18.6. The van der Waals surface area contributed by atoms with E-state index in [1.165, 1.54) is 18.3 Å². The molecule has 7 heteroatoms. The number of hydrogen-bond acceptors (Lipinski definition) is 6. The van der Waals surface area contributed by atoms with Gasteiger partial charge in [-0.05, 0) is 57.9 Å². The van der Waals surface area contributed by atoms with E-state index >= 15 is 0 Å². The molecule has 0 aromatic heterocycles. The Labute approximate surface area is 187 Å². The quantitative estimate of drug-likeness (QED) is 0.214. The first-order valence-electron chi connectivity index (χ1n) is 10.8. The molecule has 32 heavy (non-hydrogen) atoms. The minimum absolute atomic E-state index is 0.130. The van der Waals surface area contributed by atoms with E-state index in [0.717, 1.165) is 17.7 Å². The van der Waals surface area contributed by atoms with E-state index in [1.807, 2.05) is 44.0 Å². The van der Waals surface area contributed by atoms with Crippen molar-refractivity contribution in [2.45, 2.75) is 58.1 Å². The summed E-state index contributed by atoms with van der Waals surface area (Å²) in [6.45, 7) is 5.52. The van der Waals surface area contributed by atoms with Crippen LogP contribution in [-0.4, -0.2) is 34.8 Å². The number of ketones is 1. The maximum atomic E-state index is 13.4. The van der Waals surface area contributed by atoms with E-state index in [1.54, 1.807) is 18.2 Å². The number of Topliss-reactive ketones (excluding diaryl/α,β-unsaturated/α-hetero) is 1. The lowest BCUT2D eigenvalue weighted by Gasteiger charge is -2.35. The maximum absolute atomic E-state index is 13.4. The molecule has 6 nitrogen and oxygen atoms in total. The highest BCUT2D eigenvalue weighted by atomic mass is 19.1. The molecule has 1 aliphatic heterocycles. The highest BCUT2D eigenvalue weighted by molar-refractivity contribution is 6.12. The van der Waals surface area contributed by atoms with E-state index in [9.17, 15) is 14.0 Å². The minimum atomic E-state index is -0.603. The first-order valence-corrected chi connectivity index (χ1v) is 10.8. The van der Waals surface area contributed by atoms with Gasteiger partial charge in [0.2, 0.25) is 0 Å². The highest BCUT2D eigenvalue weighted by Gasteiger charge is 2.31. The zero-order valence-electron chi connectivity index (χ0n) is 18.6. The molecule has 1 aliphatic carbocycles. The topological polar surface area (TPSA) is 79.2 Å².